The SMILES string of the molecule is CCNC1CCC(C)CC1N1CCN(C(C)(C)C)CC1. The molecule has 1 saturated heterocycles. The Labute approximate surface area is 126 Å². The molecular weight excluding hydrogens is 246 g/mol. The van der Waals surface area contributed by atoms with Crippen molar-refractivity contribution in [3.63, 3.8) is 0 Å². The first-order valence-corrected chi connectivity index (χ1v) is 8.64. The quantitative estimate of drug-likeness (QED) is 0.858. The van der Waals surface area contributed by atoms with Crippen LogP contribution in [0.25, 0.3) is 0 Å². The molecule has 20 heavy (non-hydrogen) atoms. The van der Waals surface area contributed by atoms with Crippen molar-refractivity contribution in [3.05, 3.63) is 0 Å². The van der Waals surface area contributed by atoms with E-state index in [9.17, 15) is 0 Å². The summed E-state index contributed by atoms with van der Waals surface area (Å²) in [5.74, 6) is 0.899. The molecule has 0 aromatic heterocycles. The molecule has 2 rings (SSSR count). The summed E-state index contributed by atoms with van der Waals surface area (Å²) in [5.41, 5.74) is 0.326. The van der Waals surface area contributed by atoms with Crippen LogP contribution >= 0.6 is 0 Å². The molecule has 2 fully saturated rings. The summed E-state index contributed by atoms with van der Waals surface area (Å²) >= 11 is 0. The summed E-state index contributed by atoms with van der Waals surface area (Å²) in [6.45, 7) is 17.8. The predicted molar refractivity (Wildman–Crippen MR) is 87.2 cm³/mol. The van der Waals surface area contributed by atoms with E-state index in [0.29, 0.717) is 5.54 Å². The van der Waals surface area contributed by atoms with Crippen LogP contribution in [0.4, 0.5) is 0 Å². The number of nitrogens with one attached hydrogen (secondary N) is 1. The van der Waals surface area contributed by atoms with Crippen molar-refractivity contribution in [2.75, 3.05) is 32.7 Å². The summed E-state index contributed by atoms with van der Waals surface area (Å²) in [7, 11) is 0. The third kappa shape index (κ3) is 3.96. The zero-order valence-corrected chi connectivity index (χ0v) is 14.3. The van der Waals surface area contributed by atoms with Crippen molar-refractivity contribution in [1.29, 1.82) is 0 Å². The lowest BCUT2D eigenvalue weighted by molar-refractivity contribution is 0.0171. The van der Waals surface area contributed by atoms with E-state index in [-0.39, 0.29) is 0 Å². The zero-order valence-electron chi connectivity index (χ0n) is 14.3. The van der Waals surface area contributed by atoms with E-state index in [1.807, 2.05) is 0 Å². The monoisotopic (exact) mass is 281 g/mol. The summed E-state index contributed by atoms with van der Waals surface area (Å²) in [6.07, 6.45) is 4.14. The molecule has 0 bridgehead atoms. The average molecular weight is 281 g/mol. The molecule has 1 saturated carbocycles. The maximum absolute atomic E-state index is 3.74. The highest BCUT2D eigenvalue weighted by Gasteiger charge is 2.35. The van der Waals surface area contributed by atoms with Crippen LogP contribution in [0.1, 0.15) is 53.9 Å². The van der Waals surface area contributed by atoms with Gasteiger partial charge in [0.25, 0.3) is 0 Å². The maximum atomic E-state index is 3.74. The van der Waals surface area contributed by atoms with Crippen molar-refractivity contribution < 1.29 is 0 Å². The van der Waals surface area contributed by atoms with Crippen LogP contribution in [-0.4, -0.2) is 60.1 Å². The smallest absolute Gasteiger partial charge is 0.0252 e. The highest BCUT2D eigenvalue weighted by Crippen LogP contribution is 2.29. The van der Waals surface area contributed by atoms with Gasteiger partial charge in [0, 0.05) is 43.8 Å². The third-order valence-electron chi connectivity index (χ3n) is 5.28. The highest BCUT2D eigenvalue weighted by atomic mass is 15.3. The molecule has 1 heterocycles. The number of likely N-dealkylation sites (N-methyl/N-ethyl adjacent to an activating group) is 1. The molecule has 3 atom stereocenters. The third-order valence-corrected chi connectivity index (χ3v) is 5.28. The molecule has 3 nitrogen and oxygen atoms in total. The maximum Gasteiger partial charge on any atom is 0.0252 e. The first-order chi connectivity index (χ1) is 9.41. The van der Waals surface area contributed by atoms with Crippen molar-refractivity contribution in [3.8, 4) is 0 Å². The standard InChI is InChI=1S/C17H35N3/c1-6-18-15-8-7-14(2)13-16(15)19-9-11-20(12-10-19)17(3,4)5/h14-16,18H,6-13H2,1-5H3. The first kappa shape index (κ1) is 16.3. The molecule has 118 valence electrons. The van der Waals surface area contributed by atoms with E-state index in [4.69, 9.17) is 0 Å². The molecule has 0 aromatic carbocycles. The molecule has 1 N–H and O–H groups in total. The Hall–Kier alpha value is -0.120. The molecule has 1 aliphatic carbocycles. The fraction of sp³-hybridized carbons (Fsp3) is 1.00. The summed E-state index contributed by atoms with van der Waals surface area (Å²) in [6, 6.07) is 1.48. The van der Waals surface area contributed by atoms with Crippen molar-refractivity contribution in [2.45, 2.75) is 71.5 Å². The lowest BCUT2D eigenvalue weighted by atomic mass is 9.82. The van der Waals surface area contributed by atoms with Gasteiger partial charge in [0.15, 0.2) is 0 Å². The van der Waals surface area contributed by atoms with Gasteiger partial charge >= 0.3 is 0 Å². The highest BCUT2D eigenvalue weighted by molar-refractivity contribution is 4.93. The van der Waals surface area contributed by atoms with Gasteiger partial charge in [-0.3, -0.25) is 9.80 Å². The van der Waals surface area contributed by atoms with Crippen LogP contribution in [0.5, 0.6) is 0 Å². The second-order valence-corrected chi connectivity index (χ2v) is 7.84. The predicted octanol–water partition coefficient (Wildman–Crippen LogP) is 2.57. The fourth-order valence-electron chi connectivity index (χ4n) is 3.98. The lowest BCUT2D eigenvalue weighted by Gasteiger charge is -2.48. The van der Waals surface area contributed by atoms with Crippen molar-refractivity contribution >= 4 is 0 Å². The van der Waals surface area contributed by atoms with Gasteiger partial charge in [0.1, 0.15) is 0 Å². The Morgan fingerprint density at radius 2 is 1.70 bits per heavy atom. The Kier molecular flexibility index (Phi) is 5.49. The minimum Gasteiger partial charge on any atom is -0.313 e. The van der Waals surface area contributed by atoms with Crippen LogP contribution in [-0.2, 0) is 0 Å². The summed E-state index contributed by atoms with van der Waals surface area (Å²) < 4.78 is 0. The molecule has 2 aliphatic rings. The van der Waals surface area contributed by atoms with Gasteiger partial charge in [-0.05, 0) is 52.5 Å². The Morgan fingerprint density at radius 3 is 2.25 bits per heavy atom. The molecule has 0 aromatic rings. The second kappa shape index (κ2) is 6.76. The minimum absolute atomic E-state index is 0.326. The van der Waals surface area contributed by atoms with E-state index in [2.05, 4.69) is 49.7 Å². The molecular formula is C17H35N3. The fourth-order valence-corrected chi connectivity index (χ4v) is 3.98. The molecule has 3 heteroatoms. The molecule has 0 spiro atoms. The van der Waals surface area contributed by atoms with Crippen molar-refractivity contribution in [2.24, 2.45) is 5.92 Å². The largest absolute Gasteiger partial charge is 0.313 e. The van der Waals surface area contributed by atoms with Gasteiger partial charge in [-0.15, -0.1) is 0 Å². The van der Waals surface area contributed by atoms with E-state index in [1.165, 1.54) is 45.4 Å². The van der Waals surface area contributed by atoms with Gasteiger partial charge in [-0.1, -0.05) is 13.8 Å². The number of rotatable bonds is 3. The second-order valence-electron chi connectivity index (χ2n) is 7.84. The van der Waals surface area contributed by atoms with Crippen LogP contribution in [0, 0.1) is 5.92 Å². The number of hydrogen-bond donors (Lipinski definition) is 1. The van der Waals surface area contributed by atoms with Gasteiger partial charge < -0.3 is 5.32 Å². The number of nitrogens with zero attached hydrogens (tertiary/aromatic N) is 2. The molecule has 0 amide bonds. The van der Waals surface area contributed by atoms with Crippen molar-refractivity contribution in [1.82, 2.24) is 15.1 Å². The zero-order chi connectivity index (χ0) is 14.8. The molecule has 3 unspecified atom stereocenters. The molecule has 1 aliphatic heterocycles. The number of hydrogen-bond acceptors (Lipinski definition) is 3. The average Bonchev–Trinajstić information content (AvgIpc) is 2.40. The topological polar surface area (TPSA) is 18.5 Å². The van der Waals surface area contributed by atoms with E-state index in [1.54, 1.807) is 0 Å². The van der Waals surface area contributed by atoms with Gasteiger partial charge in [0.05, 0.1) is 0 Å². The first-order valence-electron chi connectivity index (χ1n) is 8.64. The minimum atomic E-state index is 0.326. The lowest BCUT2D eigenvalue weighted by Crippen LogP contribution is -2.60. The van der Waals surface area contributed by atoms with E-state index in [0.717, 1.165) is 24.5 Å². The van der Waals surface area contributed by atoms with Gasteiger partial charge in [-0.25, -0.2) is 0 Å². The van der Waals surface area contributed by atoms with Crippen LogP contribution in [0.3, 0.4) is 0 Å². The molecule has 0 radical (unpaired) electrons. The van der Waals surface area contributed by atoms with E-state index >= 15 is 0 Å². The van der Waals surface area contributed by atoms with E-state index < -0.39 is 0 Å². The van der Waals surface area contributed by atoms with Crippen LogP contribution in [0.15, 0.2) is 0 Å². The normalized spacial score (nSPS) is 34.4. The summed E-state index contributed by atoms with van der Waals surface area (Å²) in [4.78, 5) is 5.41. The summed E-state index contributed by atoms with van der Waals surface area (Å²) in [5, 5.41) is 3.74. The van der Waals surface area contributed by atoms with Crippen LogP contribution < -0.4 is 5.32 Å². The Balaban J connectivity index is 1.93. The Morgan fingerprint density at radius 1 is 1.05 bits per heavy atom. The Bertz CT molecular complexity index is 289. The van der Waals surface area contributed by atoms with Gasteiger partial charge in [-0.2, -0.15) is 0 Å². The van der Waals surface area contributed by atoms with Crippen LogP contribution in [0.2, 0.25) is 0 Å². The number of piperazine rings is 1. The van der Waals surface area contributed by atoms with Gasteiger partial charge in [0.2, 0.25) is 0 Å².